The van der Waals surface area contributed by atoms with Crippen LogP contribution in [0.5, 0.6) is 0 Å². The Labute approximate surface area is 70.9 Å². The summed E-state index contributed by atoms with van der Waals surface area (Å²) in [6, 6.07) is -0.916. The molecule has 0 atom stereocenters. The van der Waals surface area contributed by atoms with E-state index in [9.17, 15) is 0 Å². The lowest BCUT2D eigenvalue weighted by Crippen LogP contribution is -1.89. The van der Waals surface area contributed by atoms with E-state index in [0.29, 0.717) is 0 Å². The number of nitrogen functional groups attached to an aromatic ring is 1. The fourth-order valence-corrected chi connectivity index (χ4v) is 0.726. The maximum Gasteiger partial charge on any atom is 0.125 e. The van der Waals surface area contributed by atoms with Crippen LogP contribution in [-0.2, 0) is 0 Å². The van der Waals surface area contributed by atoms with Gasteiger partial charge in [-0.2, -0.15) is 0 Å². The van der Waals surface area contributed by atoms with Crippen molar-refractivity contribution in [2.24, 2.45) is 0 Å². The molecule has 3 nitrogen and oxygen atoms in total. The van der Waals surface area contributed by atoms with Crippen LogP contribution in [-0.4, -0.2) is 9.97 Å². The summed E-state index contributed by atoms with van der Waals surface area (Å²) >= 11 is 0. The molecule has 0 bridgehead atoms. The van der Waals surface area contributed by atoms with Gasteiger partial charge in [0.2, 0.25) is 0 Å². The van der Waals surface area contributed by atoms with Crippen molar-refractivity contribution in [3.8, 4) is 0 Å². The standard InChI is InChI=1S/C8H7N3/c9-8-4-7-6(5-11-8)2-1-3-10-7/h1-5H,(H2,9,11)/i1D,2D,3D,4D,5D. The van der Waals surface area contributed by atoms with Crippen molar-refractivity contribution in [2.45, 2.75) is 0 Å². The zero-order valence-electron chi connectivity index (χ0n) is 10.5. The second-order valence-corrected chi connectivity index (χ2v) is 1.93. The molecule has 2 rings (SSSR count). The SMILES string of the molecule is [2H]c1nc2c([2H])c(N)nc([2H])c2c([2H])c1[2H]. The smallest absolute Gasteiger partial charge is 0.125 e. The Kier molecular flexibility index (Phi) is 0.554. The van der Waals surface area contributed by atoms with Gasteiger partial charge in [-0.05, 0) is 12.1 Å². The van der Waals surface area contributed by atoms with Gasteiger partial charge in [0.1, 0.15) is 5.82 Å². The van der Waals surface area contributed by atoms with Crippen LogP contribution in [0.15, 0.2) is 30.5 Å². The first-order chi connectivity index (χ1) is 7.43. The molecular weight excluding hydrogens is 138 g/mol. The summed E-state index contributed by atoms with van der Waals surface area (Å²) in [5, 5.41) is -0.0137. The van der Waals surface area contributed by atoms with E-state index in [2.05, 4.69) is 9.97 Å². The second-order valence-electron chi connectivity index (χ2n) is 1.93. The molecule has 2 aromatic heterocycles. The van der Waals surface area contributed by atoms with Crippen LogP contribution in [0.2, 0.25) is 0 Å². The van der Waals surface area contributed by atoms with Crippen LogP contribution in [0.3, 0.4) is 0 Å². The largest absolute Gasteiger partial charge is 0.384 e. The highest BCUT2D eigenvalue weighted by atomic mass is 14.8. The minimum Gasteiger partial charge on any atom is -0.384 e. The third-order valence-electron chi connectivity index (χ3n) is 1.18. The van der Waals surface area contributed by atoms with Crippen LogP contribution < -0.4 is 5.73 Å². The third-order valence-corrected chi connectivity index (χ3v) is 1.18. The lowest BCUT2D eigenvalue weighted by molar-refractivity contribution is 1.33. The topological polar surface area (TPSA) is 51.8 Å². The second kappa shape index (κ2) is 2.20. The average Bonchev–Trinajstić information content (AvgIpc) is 2.22. The fourth-order valence-electron chi connectivity index (χ4n) is 0.726. The molecule has 0 unspecified atom stereocenters. The number of hydrogen-bond acceptors (Lipinski definition) is 3. The highest BCUT2D eigenvalue weighted by Gasteiger charge is 1.92. The average molecular weight is 150 g/mol. The zero-order chi connectivity index (χ0) is 12.0. The molecule has 2 aromatic rings. The van der Waals surface area contributed by atoms with Gasteiger partial charge in [0.25, 0.3) is 0 Å². The van der Waals surface area contributed by atoms with E-state index in [4.69, 9.17) is 12.6 Å². The minimum atomic E-state index is -0.406. The number of fused-ring (bicyclic) bond motifs is 1. The molecule has 0 saturated carbocycles. The van der Waals surface area contributed by atoms with E-state index in [0.717, 1.165) is 0 Å². The van der Waals surface area contributed by atoms with E-state index in [1.54, 1.807) is 0 Å². The number of anilines is 1. The summed E-state index contributed by atoms with van der Waals surface area (Å²) in [4.78, 5) is 7.27. The summed E-state index contributed by atoms with van der Waals surface area (Å²) in [7, 11) is 0. The number of nitrogens with zero attached hydrogens (tertiary/aromatic N) is 2. The van der Waals surface area contributed by atoms with E-state index >= 15 is 0 Å². The van der Waals surface area contributed by atoms with E-state index in [-0.39, 0.29) is 41.0 Å². The van der Waals surface area contributed by atoms with Crippen molar-refractivity contribution < 1.29 is 6.85 Å². The summed E-state index contributed by atoms with van der Waals surface area (Å²) in [5.74, 6) is -0.165. The zero-order valence-corrected chi connectivity index (χ0v) is 5.47. The Hall–Kier alpha value is -1.64. The van der Waals surface area contributed by atoms with Gasteiger partial charge in [0, 0.05) is 23.8 Å². The van der Waals surface area contributed by atoms with Crippen LogP contribution in [0.4, 0.5) is 5.82 Å². The summed E-state index contributed by atoms with van der Waals surface area (Å²) < 4.78 is 37.5. The van der Waals surface area contributed by atoms with Gasteiger partial charge in [-0.3, -0.25) is 4.98 Å². The van der Waals surface area contributed by atoms with Crippen molar-refractivity contribution >= 4 is 16.7 Å². The monoisotopic (exact) mass is 150 g/mol. The van der Waals surface area contributed by atoms with Gasteiger partial charge in [0.15, 0.2) is 0 Å². The van der Waals surface area contributed by atoms with E-state index in [1.165, 1.54) is 0 Å². The number of nitrogens with two attached hydrogens (primary N) is 1. The lowest BCUT2D eigenvalue weighted by atomic mass is 10.3. The van der Waals surface area contributed by atoms with Crippen molar-refractivity contribution in [1.82, 2.24) is 9.97 Å². The van der Waals surface area contributed by atoms with Gasteiger partial charge in [-0.25, -0.2) is 4.98 Å². The Bertz CT molecular complexity index is 598. The van der Waals surface area contributed by atoms with Crippen LogP contribution >= 0.6 is 0 Å². The predicted octanol–water partition coefficient (Wildman–Crippen LogP) is 1.21. The van der Waals surface area contributed by atoms with Gasteiger partial charge in [0.05, 0.1) is 12.4 Å². The van der Waals surface area contributed by atoms with Crippen molar-refractivity contribution in [3.63, 3.8) is 0 Å². The highest BCUT2D eigenvalue weighted by molar-refractivity contribution is 5.79. The summed E-state index contributed by atoms with van der Waals surface area (Å²) in [6.07, 6.45) is -0.703. The first-order valence-corrected chi connectivity index (χ1v) is 2.93. The molecule has 3 heteroatoms. The summed E-state index contributed by atoms with van der Waals surface area (Å²) in [5.41, 5.74) is 5.37. The molecule has 2 N–H and O–H groups in total. The van der Waals surface area contributed by atoms with Crippen molar-refractivity contribution in [3.05, 3.63) is 30.5 Å². The molecule has 2 heterocycles. The third kappa shape index (κ3) is 1.00. The maximum absolute atomic E-state index is 7.61. The fraction of sp³-hybridized carbons (Fsp3) is 0. The number of rotatable bonds is 0. The van der Waals surface area contributed by atoms with Gasteiger partial charge in [-0.15, -0.1) is 0 Å². The molecule has 0 radical (unpaired) electrons. The lowest BCUT2D eigenvalue weighted by Gasteiger charge is -1.95. The maximum atomic E-state index is 7.61. The Morgan fingerprint density at radius 1 is 1.45 bits per heavy atom. The van der Waals surface area contributed by atoms with Gasteiger partial charge < -0.3 is 5.73 Å². The quantitative estimate of drug-likeness (QED) is 0.614. The van der Waals surface area contributed by atoms with E-state index in [1.807, 2.05) is 0 Å². The highest BCUT2D eigenvalue weighted by Crippen LogP contribution is 2.10. The van der Waals surface area contributed by atoms with E-state index < -0.39 is 6.17 Å². The normalized spacial score (nSPS) is 16.5. The van der Waals surface area contributed by atoms with Gasteiger partial charge in [-0.1, -0.05) is 0 Å². The number of pyridine rings is 2. The van der Waals surface area contributed by atoms with Crippen LogP contribution in [0.1, 0.15) is 6.85 Å². The molecule has 0 aromatic carbocycles. The molecule has 0 spiro atoms. The van der Waals surface area contributed by atoms with Crippen LogP contribution in [0, 0.1) is 0 Å². The Morgan fingerprint density at radius 3 is 3.27 bits per heavy atom. The number of hydrogen-bond donors (Lipinski definition) is 1. The first-order valence-electron chi connectivity index (χ1n) is 5.43. The van der Waals surface area contributed by atoms with Gasteiger partial charge >= 0.3 is 0 Å². The molecule has 0 aliphatic carbocycles. The molecule has 0 aliphatic rings. The van der Waals surface area contributed by atoms with Crippen LogP contribution in [0.25, 0.3) is 10.9 Å². The number of aromatic nitrogens is 2. The molecule has 54 valence electrons. The Morgan fingerprint density at radius 2 is 2.36 bits per heavy atom. The molecular formula is C8H7N3. The molecule has 0 aliphatic heterocycles. The Balaban J connectivity index is 3.07. The minimum absolute atomic E-state index is 0.0137. The molecule has 0 fully saturated rings. The predicted molar refractivity (Wildman–Crippen MR) is 44.0 cm³/mol. The molecule has 11 heavy (non-hydrogen) atoms. The summed E-state index contributed by atoms with van der Waals surface area (Å²) in [6.45, 7) is 0. The first kappa shape index (κ1) is 2.77. The molecule has 0 amide bonds. The van der Waals surface area contributed by atoms with Crippen molar-refractivity contribution in [1.29, 1.82) is 0 Å². The molecule has 0 saturated heterocycles. The van der Waals surface area contributed by atoms with Crippen molar-refractivity contribution in [2.75, 3.05) is 5.73 Å².